The molecule has 1 aromatic heterocycles. The Kier molecular flexibility index (Phi) is 5.60. The molecule has 1 aromatic carbocycles. The molecule has 0 spiro atoms. The number of hydrogen-bond acceptors (Lipinski definition) is 6. The highest BCUT2D eigenvalue weighted by atomic mass is 32.1. The second kappa shape index (κ2) is 7.44. The lowest BCUT2D eigenvalue weighted by molar-refractivity contribution is 0.102. The molecule has 2 rings (SSSR count). The van der Waals surface area contributed by atoms with E-state index < -0.39 is 6.10 Å². The van der Waals surface area contributed by atoms with Crippen LogP contribution in [-0.4, -0.2) is 33.1 Å². The first-order chi connectivity index (χ1) is 10.1. The van der Waals surface area contributed by atoms with Gasteiger partial charge in [-0.2, -0.15) is 4.37 Å². The minimum Gasteiger partial charge on any atom is -0.473 e. The molecule has 0 radical (unpaired) electrons. The molecular formula is C14H18FN3O2S. The largest absolute Gasteiger partial charge is 0.473 e. The van der Waals surface area contributed by atoms with E-state index in [1.807, 2.05) is 13.0 Å². The summed E-state index contributed by atoms with van der Waals surface area (Å²) < 4.78 is 26.5. The summed E-state index contributed by atoms with van der Waals surface area (Å²) in [6, 6.07) is 5.07. The molecule has 0 amide bonds. The summed E-state index contributed by atoms with van der Waals surface area (Å²) in [5.41, 5.74) is 1.46. The summed E-state index contributed by atoms with van der Waals surface area (Å²) in [5.74, 6) is 0.189. The van der Waals surface area contributed by atoms with E-state index in [2.05, 4.69) is 14.1 Å². The second-order valence-electron chi connectivity index (χ2n) is 4.85. The number of halogens is 1. The summed E-state index contributed by atoms with van der Waals surface area (Å²) in [6.45, 7) is 4.12. The summed E-state index contributed by atoms with van der Waals surface area (Å²) in [4.78, 5) is 0. The fraction of sp³-hybridized carbons (Fsp3) is 0.429. The van der Waals surface area contributed by atoms with Gasteiger partial charge in [-0.3, -0.25) is 0 Å². The number of aliphatic hydroxyl groups excluding tert-OH is 1. The Morgan fingerprint density at radius 3 is 2.95 bits per heavy atom. The molecule has 2 aromatic rings. The topological polar surface area (TPSA) is 67.3 Å². The van der Waals surface area contributed by atoms with Crippen LogP contribution in [-0.2, 0) is 0 Å². The van der Waals surface area contributed by atoms with E-state index in [1.54, 1.807) is 13.0 Å². The third kappa shape index (κ3) is 4.73. The van der Waals surface area contributed by atoms with Crippen LogP contribution in [0.15, 0.2) is 24.4 Å². The Morgan fingerprint density at radius 2 is 2.29 bits per heavy atom. The van der Waals surface area contributed by atoms with E-state index in [1.165, 1.54) is 12.3 Å². The number of hydrogen-bond donors (Lipinski definition) is 2. The first-order valence-corrected chi connectivity index (χ1v) is 7.37. The van der Waals surface area contributed by atoms with Crippen LogP contribution in [0.2, 0.25) is 0 Å². The highest BCUT2D eigenvalue weighted by molar-refractivity contribution is 6.99. The molecule has 0 saturated heterocycles. The van der Waals surface area contributed by atoms with Crippen LogP contribution in [0.1, 0.15) is 24.1 Å². The molecule has 0 aliphatic rings. The molecule has 7 heteroatoms. The van der Waals surface area contributed by atoms with E-state index in [0.29, 0.717) is 18.0 Å². The van der Waals surface area contributed by atoms with Crippen molar-refractivity contribution in [3.63, 3.8) is 0 Å². The van der Waals surface area contributed by atoms with Crippen molar-refractivity contribution in [2.24, 2.45) is 0 Å². The van der Waals surface area contributed by atoms with Crippen molar-refractivity contribution in [3.05, 3.63) is 41.3 Å². The average Bonchev–Trinajstić information content (AvgIpc) is 2.98. The van der Waals surface area contributed by atoms with E-state index in [4.69, 9.17) is 4.74 Å². The molecule has 0 saturated carbocycles. The maximum Gasteiger partial charge on any atom is 0.245 e. The smallest absolute Gasteiger partial charge is 0.245 e. The Bertz CT molecular complexity index is 565. The van der Waals surface area contributed by atoms with Crippen molar-refractivity contribution < 1.29 is 14.2 Å². The van der Waals surface area contributed by atoms with Crippen molar-refractivity contribution in [3.8, 4) is 5.88 Å². The van der Waals surface area contributed by atoms with E-state index in [-0.39, 0.29) is 18.5 Å². The molecule has 1 heterocycles. The first kappa shape index (κ1) is 15.8. The van der Waals surface area contributed by atoms with E-state index >= 15 is 0 Å². The van der Waals surface area contributed by atoms with E-state index in [9.17, 15) is 9.50 Å². The second-order valence-corrected chi connectivity index (χ2v) is 5.41. The molecule has 0 aliphatic heterocycles. The third-order valence-corrected chi connectivity index (χ3v) is 3.58. The zero-order valence-electron chi connectivity index (χ0n) is 11.9. The quantitative estimate of drug-likeness (QED) is 0.819. The van der Waals surface area contributed by atoms with E-state index in [0.717, 1.165) is 17.3 Å². The van der Waals surface area contributed by atoms with Crippen LogP contribution in [0.5, 0.6) is 5.88 Å². The number of nitrogens with one attached hydrogen (secondary N) is 1. The van der Waals surface area contributed by atoms with Gasteiger partial charge in [0.1, 0.15) is 24.7 Å². The Balaban J connectivity index is 1.77. The van der Waals surface area contributed by atoms with Gasteiger partial charge in [0, 0.05) is 12.6 Å². The normalized spacial score (nSPS) is 13.9. The number of nitrogens with zero attached hydrogens (tertiary/aromatic N) is 2. The van der Waals surface area contributed by atoms with Gasteiger partial charge in [-0.25, -0.2) is 4.39 Å². The molecule has 2 atom stereocenters. The molecule has 0 fully saturated rings. The fourth-order valence-corrected chi connectivity index (χ4v) is 2.13. The summed E-state index contributed by atoms with van der Waals surface area (Å²) in [7, 11) is 0. The Hall–Kier alpha value is -1.57. The van der Waals surface area contributed by atoms with Crippen molar-refractivity contribution in [1.82, 2.24) is 14.1 Å². The van der Waals surface area contributed by atoms with Crippen LogP contribution in [0.4, 0.5) is 4.39 Å². The summed E-state index contributed by atoms with van der Waals surface area (Å²) in [5, 5.41) is 13.0. The lowest BCUT2D eigenvalue weighted by Gasteiger charge is -2.17. The van der Waals surface area contributed by atoms with Crippen LogP contribution in [0.3, 0.4) is 0 Å². The third-order valence-electron chi connectivity index (χ3n) is 3.12. The zero-order chi connectivity index (χ0) is 15.2. The maximum atomic E-state index is 13.5. The van der Waals surface area contributed by atoms with Crippen molar-refractivity contribution in [2.75, 3.05) is 13.2 Å². The minimum absolute atomic E-state index is 0.0595. The summed E-state index contributed by atoms with van der Waals surface area (Å²) >= 11 is 1.05. The average molecular weight is 311 g/mol. The van der Waals surface area contributed by atoms with Gasteiger partial charge in [-0.15, -0.1) is 4.37 Å². The highest BCUT2D eigenvalue weighted by Crippen LogP contribution is 2.16. The van der Waals surface area contributed by atoms with Crippen LogP contribution >= 0.6 is 11.7 Å². The number of aliphatic hydroxyl groups is 1. The monoisotopic (exact) mass is 311 g/mol. The predicted octanol–water partition coefficient (Wildman–Crippen LogP) is 2.08. The number of aryl methyl sites for hydroxylation is 1. The lowest BCUT2D eigenvalue weighted by atomic mass is 10.1. The lowest BCUT2D eigenvalue weighted by Crippen LogP contribution is -2.33. The molecule has 0 bridgehead atoms. The highest BCUT2D eigenvalue weighted by Gasteiger charge is 2.11. The first-order valence-electron chi connectivity index (χ1n) is 6.64. The minimum atomic E-state index is -0.676. The van der Waals surface area contributed by atoms with Gasteiger partial charge in [-0.05, 0) is 31.0 Å². The van der Waals surface area contributed by atoms with Crippen molar-refractivity contribution in [2.45, 2.75) is 26.0 Å². The molecule has 2 unspecified atom stereocenters. The maximum absolute atomic E-state index is 13.5. The number of ether oxygens (including phenoxy) is 1. The van der Waals surface area contributed by atoms with Crippen molar-refractivity contribution in [1.29, 1.82) is 0 Å². The standard InChI is InChI=1S/C14H18FN3O2S/c1-9-3-4-11(5-13(9)15)10(2)16-6-12(19)8-20-14-7-17-21-18-14/h3-5,7,10,12,16,19H,6,8H2,1-2H3. The van der Waals surface area contributed by atoms with Crippen LogP contribution in [0, 0.1) is 12.7 Å². The van der Waals surface area contributed by atoms with Gasteiger partial charge in [0.15, 0.2) is 0 Å². The van der Waals surface area contributed by atoms with Gasteiger partial charge < -0.3 is 15.2 Å². The molecule has 2 N–H and O–H groups in total. The number of benzene rings is 1. The van der Waals surface area contributed by atoms with Gasteiger partial charge in [0.05, 0.1) is 11.7 Å². The molecule has 0 aliphatic carbocycles. The molecular weight excluding hydrogens is 293 g/mol. The summed E-state index contributed by atoms with van der Waals surface area (Å²) in [6.07, 6.45) is 0.826. The fourth-order valence-electron chi connectivity index (χ4n) is 1.77. The molecule has 5 nitrogen and oxygen atoms in total. The molecule has 114 valence electrons. The van der Waals surface area contributed by atoms with Crippen LogP contribution in [0.25, 0.3) is 0 Å². The SMILES string of the molecule is Cc1ccc(C(C)NCC(O)COc2cnsn2)cc1F. The van der Waals surface area contributed by atoms with Crippen LogP contribution < -0.4 is 10.1 Å². The number of rotatable bonds is 7. The zero-order valence-corrected chi connectivity index (χ0v) is 12.7. The van der Waals surface area contributed by atoms with Gasteiger partial charge in [0.2, 0.25) is 5.88 Å². The predicted molar refractivity (Wildman–Crippen MR) is 79.0 cm³/mol. The van der Waals surface area contributed by atoms with Gasteiger partial charge in [-0.1, -0.05) is 12.1 Å². The van der Waals surface area contributed by atoms with Gasteiger partial charge >= 0.3 is 0 Å². The van der Waals surface area contributed by atoms with Crippen molar-refractivity contribution >= 4 is 11.7 Å². The van der Waals surface area contributed by atoms with Gasteiger partial charge in [0.25, 0.3) is 0 Å². The number of aromatic nitrogens is 2. The Labute approximate surface area is 127 Å². The molecule has 21 heavy (non-hydrogen) atoms. The Morgan fingerprint density at radius 1 is 1.48 bits per heavy atom.